The molecule has 4 aromatic rings. The van der Waals surface area contributed by atoms with Gasteiger partial charge in [-0.3, -0.25) is 0 Å². The normalized spacial score (nSPS) is 17.9. The molecule has 6 rings (SSSR count). The van der Waals surface area contributed by atoms with Gasteiger partial charge in [-0.15, -0.1) is 0 Å². The van der Waals surface area contributed by atoms with Crippen LogP contribution in [0.1, 0.15) is 146 Å². The number of hydrogen-bond donors (Lipinski definition) is 2. The molecule has 2 N–H and O–H groups in total. The van der Waals surface area contributed by atoms with Crippen molar-refractivity contribution in [1.82, 2.24) is 0 Å². The summed E-state index contributed by atoms with van der Waals surface area (Å²) in [5.74, 6) is 2.07. The minimum atomic E-state index is 0.132. The van der Waals surface area contributed by atoms with Gasteiger partial charge in [-0.25, -0.2) is 0 Å². The highest BCUT2D eigenvalue weighted by molar-refractivity contribution is 5.54. The summed E-state index contributed by atoms with van der Waals surface area (Å²) in [4.78, 5) is 0. The Morgan fingerprint density at radius 1 is 0.535 bits per heavy atom. The topological polar surface area (TPSA) is 40.5 Å². The van der Waals surface area contributed by atoms with Crippen LogP contribution in [-0.2, 0) is 6.42 Å². The number of phenols is 2. The third kappa shape index (κ3) is 6.54. The molecule has 0 bridgehead atoms. The van der Waals surface area contributed by atoms with E-state index >= 15 is 0 Å². The Hall–Kier alpha value is -3.52. The summed E-state index contributed by atoms with van der Waals surface area (Å²) in [7, 11) is 0. The molecule has 2 unspecified atom stereocenters. The van der Waals surface area contributed by atoms with Gasteiger partial charge in [0.1, 0.15) is 11.5 Å². The zero-order valence-corrected chi connectivity index (χ0v) is 26.1. The van der Waals surface area contributed by atoms with Gasteiger partial charge in [-0.05, 0) is 89.5 Å². The SMILES string of the molecule is CC(c1ccccc1)c1c(O)cc(Cc2cc(O)c(C(C)c3ccccc3)c(C3CCCCC3)c2)cc1C1CCCCC1. The van der Waals surface area contributed by atoms with E-state index in [0.717, 1.165) is 22.3 Å². The number of phenolic OH excluding ortho intramolecular Hbond substituents is 2. The summed E-state index contributed by atoms with van der Waals surface area (Å²) in [6.07, 6.45) is 13.1. The van der Waals surface area contributed by atoms with E-state index in [-0.39, 0.29) is 11.8 Å². The zero-order valence-electron chi connectivity index (χ0n) is 26.1. The van der Waals surface area contributed by atoms with Gasteiger partial charge in [-0.1, -0.05) is 125 Å². The van der Waals surface area contributed by atoms with Crippen molar-refractivity contribution in [2.45, 2.75) is 108 Å². The molecule has 0 radical (unpaired) electrons. The average molecular weight is 573 g/mol. The molecule has 0 spiro atoms. The van der Waals surface area contributed by atoms with E-state index in [2.05, 4.69) is 86.6 Å². The largest absolute Gasteiger partial charge is 0.508 e. The fourth-order valence-corrected chi connectivity index (χ4v) is 8.14. The number of rotatable bonds is 8. The minimum absolute atomic E-state index is 0.132. The Bertz CT molecular complexity index is 1380. The standard InChI is InChI=1S/C41H48O2/c1-28(32-15-7-3-8-16-32)40-36(34-19-11-5-12-20-34)24-30(26-38(40)42)23-31-25-37(35-21-13-6-14-22-35)41(39(43)27-31)29(2)33-17-9-4-10-18-33/h3-4,7-10,15-18,24-29,34-35,42-43H,5-6,11-14,19-23H2,1-2H3. The number of benzene rings is 4. The minimum Gasteiger partial charge on any atom is -0.508 e. The van der Waals surface area contributed by atoms with Crippen molar-refractivity contribution in [3.05, 3.63) is 129 Å². The van der Waals surface area contributed by atoms with Crippen molar-refractivity contribution in [1.29, 1.82) is 0 Å². The van der Waals surface area contributed by atoms with Crippen LogP contribution in [0.2, 0.25) is 0 Å². The molecule has 4 aromatic carbocycles. The van der Waals surface area contributed by atoms with Crippen LogP contribution in [0.3, 0.4) is 0 Å². The quantitative estimate of drug-likeness (QED) is 0.220. The molecule has 2 saturated carbocycles. The van der Waals surface area contributed by atoms with Crippen LogP contribution in [-0.4, -0.2) is 10.2 Å². The maximum Gasteiger partial charge on any atom is 0.119 e. The first-order chi connectivity index (χ1) is 21.0. The highest BCUT2D eigenvalue weighted by atomic mass is 16.3. The van der Waals surface area contributed by atoms with E-state index in [1.54, 1.807) is 0 Å². The molecule has 0 aromatic heterocycles. The molecule has 2 atom stereocenters. The number of aromatic hydroxyl groups is 2. The molecular weight excluding hydrogens is 524 g/mol. The Morgan fingerprint density at radius 3 is 1.28 bits per heavy atom. The maximum atomic E-state index is 11.6. The van der Waals surface area contributed by atoms with Crippen LogP contribution in [0.5, 0.6) is 11.5 Å². The molecule has 0 heterocycles. The molecule has 0 saturated heterocycles. The van der Waals surface area contributed by atoms with Gasteiger partial charge in [0.05, 0.1) is 0 Å². The van der Waals surface area contributed by atoms with E-state index in [4.69, 9.17) is 0 Å². The van der Waals surface area contributed by atoms with E-state index in [1.807, 2.05) is 12.1 Å². The lowest BCUT2D eigenvalue weighted by atomic mass is 9.76. The van der Waals surface area contributed by atoms with E-state index in [9.17, 15) is 10.2 Å². The van der Waals surface area contributed by atoms with E-state index in [1.165, 1.54) is 86.5 Å². The fourth-order valence-electron chi connectivity index (χ4n) is 8.14. The second-order valence-electron chi connectivity index (χ2n) is 13.3. The first-order valence-corrected chi connectivity index (χ1v) is 16.8. The molecular formula is C41H48O2. The molecule has 2 aliphatic carbocycles. The lowest BCUT2D eigenvalue weighted by Crippen LogP contribution is -2.12. The third-order valence-electron chi connectivity index (χ3n) is 10.5. The summed E-state index contributed by atoms with van der Waals surface area (Å²) in [6.45, 7) is 4.47. The molecule has 2 aliphatic rings. The predicted octanol–water partition coefficient (Wildman–Crippen LogP) is 11.1. The summed E-state index contributed by atoms with van der Waals surface area (Å²) >= 11 is 0. The van der Waals surface area contributed by atoms with Gasteiger partial charge in [0, 0.05) is 23.0 Å². The van der Waals surface area contributed by atoms with Crippen LogP contribution in [0.4, 0.5) is 0 Å². The smallest absolute Gasteiger partial charge is 0.119 e. The summed E-state index contributed by atoms with van der Waals surface area (Å²) in [5.41, 5.74) is 9.62. The fraction of sp³-hybridized carbons (Fsp3) is 0.415. The lowest BCUT2D eigenvalue weighted by molar-refractivity contribution is 0.430. The summed E-state index contributed by atoms with van der Waals surface area (Å²) in [6, 6.07) is 30.0. The molecule has 43 heavy (non-hydrogen) atoms. The molecule has 2 fully saturated rings. The highest BCUT2D eigenvalue weighted by Gasteiger charge is 2.27. The first kappa shape index (κ1) is 29.5. The van der Waals surface area contributed by atoms with E-state index in [0.29, 0.717) is 29.8 Å². The van der Waals surface area contributed by atoms with Gasteiger partial charge >= 0.3 is 0 Å². The van der Waals surface area contributed by atoms with Gasteiger partial charge in [0.25, 0.3) is 0 Å². The molecule has 0 amide bonds. The number of hydrogen-bond acceptors (Lipinski definition) is 2. The van der Waals surface area contributed by atoms with Gasteiger partial charge in [-0.2, -0.15) is 0 Å². The Kier molecular flexibility index (Phi) is 9.22. The lowest BCUT2D eigenvalue weighted by Gasteiger charge is -2.29. The van der Waals surface area contributed by atoms with Crippen LogP contribution < -0.4 is 0 Å². The van der Waals surface area contributed by atoms with Gasteiger partial charge in [0.2, 0.25) is 0 Å². The second kappa shape index (κ2) is 13.4. The van der Waals surface area contributed by atoms with Gasteiger partial charge < -0.3 is 10.2 Å². The van der Waals surface area contributed by atoms with Crippen LogP contribution in [0.25, 0.3) is 0 Å². The van der Waals surface area contributed by atoms with Crippen LogP contribution in [0.15, 0.2) is 84.9 Å². The average Bonchev–Trinajstić information content (AvgIpc) is 3.05. The molecule has 2 heteroatoms. The van der Waals surface area contributed by atoms with Crippen molar-refractivity contribution in [3.63, 3.8) is 0 Å². The zero-order chi connectivity index (χ0) is 29.8. The van der Waals surface area contributed by atoms with Crippen LogP contribution >= 0.6 is 0 Å². The molecule has 2 nitrogen and oxygen atoms in total. The van der Waals surface area contributed by atoms with E-state index < -0.39 is 0 Å². The van der Waals surface area contributed by atoms with Crippen LogP contribution in [0, 0.1) is 0 Å². The van der Waals surface area contributed by atoms with Crippen molar-refractivity contribution in [2.24, 2.45) is 0 Å². The summed E-state index contributed by atoms with van der Waals surface area (Å²) in [5, 5.41) is 23.2. The van der Waals surface area contributed by atoms with Crippen molar-refractivity contribution >= 4 is 0 Å². The van der Waals surface area contributed by atoms with Crippen molar-refractivity contribution in [2.75, 3.05) is 0 Å². The molecule has 0 aliphatic heterocycles. The second-order valence-corrected chi connectivity index (χ2v) is 13.3. The van der Waals surface area contributed by atoms with Gasteiger partial charge in [0.15, 0.2) is 0 Å². The summed E-state index contributed by atoms with van der Waals surface area (Å²) < 4.78 is 0. The Morgan fingerprint density at radius 2 is 0.907 bits per heavy atom. The third-order valence-corrected chi connectivity index (χ3v) is 10.5. The first-order valence-electron chi connectivity index (χ1n) is 16.8. The monoisotopic (exact) mass is 572 g/mol. The van der Waals surface area contributed by atoms with Crippen molar-refractivity contribution in [3.8, 4) is 11.5 Å². The predicted molar refractivity (Wildman–Crippen MR) is 179 cm³/mol. The maximum absolute atomic E-state index is 11.6. The Balaban J connectivity index is 1.39. The highest BCUT2D eigenvalue weighted by Crippen LogP contribution is 2.45. The molecule has 224 valence electrons. The van der Waals surface area contributed by atoms with Crippen molar-refractivity contribution < 1.29 is 10.2 Å². The Labute approximate surface area is 258 Å².